The fraction of sp³-hybridized carbons (Fsp3) is 0.0625. The average molecular weight is 267 g/mol. The standard InChI is InChI=1S/C16H14FN3/c17-13-8-4-7-12(10-13)15-14(16(18)20-19-15)9-11-5-2-1-3-6-11/h1-8,10H,9H2,(H3,18,19,20). The van der Waals surface area contributed by atoms with Crippen molar-refractivity contribution in [2.45, 2.75) is 6.42 Å². The van der Waals surface area contributed by atoms with Gasteiger partial charge in [0.2, 0.25) is 0 Å². The number of nitrogens with one attached hydrogen (secondary N) is 1. The minimum atomic E-state index is -0.277. The van der Waals surface area contributed by atoms with E-state index in [1.54, 1.807) is 6.07 Å². The summed E-state index contributed by atoms with van der Waals surface area (Å²) in [7, 11) is 0. The number of hydrogen-bond acceptors (Lipinski definition) is 2. The van der Waals surface area contributed by atoms with Crippen LogP contribution in [0.2, 0.25) is 0 Å². The molecule has 3 nitrogen and oxygen atoms in total. The second kappa shape index (κ2) is 5.17. The van der Waals surface area contributed by atoms with E-state index in [0.717, 1.165) is 22.4 Å². The minimum Gasteiger partial charge on any atom is -0.382 e. The van der Waals surface area contributed by atoms with Crippen molar-refractivity contribution in [3.8, 4) is 11.3 Å². The Bertz CT molecular complexity index is 720. The first-order chi connectivity index (χ1) is 9.74. The minimum absolute atomic E-state index is 0.277. The summed E-state index contributed by atoms with van der Waals surface area (Å²) in [5.41, 5.74) is 9.48. The van der Waals surface area contributed by atoms with Crippen molar-refractivity contribution in [1.29, 1.82) is 0 Å². The van der Waals surface area contributed by atoms with Crippen molar-refractivity contribution >= 4 is 5.82 Å². The van der Waals surface area contributed by atoms with Gasteiger partial charge in [-0.2, -0.15) is 5.10 Å². The quantitative estimate of drug-likeness (QED) is 0.764. The highest BCUT2D eigenvalue weighted by molar-refractivity contribution is 5.68. The molecule has 0 bridgehead atoms. The summed E-state index contributed by atoms with van der Waals surface area (Å²) >= 11 is 0. The first-order valence-electron chi connectivity index (χ1n) is 6.36. The van der Waals surface area contributed by atoms with Crippen LogP contribution in [-0.4, -0.2) is 10.2 Å². The predicted molar refractivity (Wildman–Crippen MR) is 77.6 cm³/mol. The highest BCUT2D eigenvalue weighted by Gasteiger charge is 2.13. The molecule has 1 aromatic heterocycles. The van der Waals surface area contributed by atoms with Gasteiger partial charge in [-0.1, -0.05) is 42.5 Å². The van der Waals surface area contributed by atoms with Crippen LogP contribution in [0.1, 0.15) is 11.1 Å². The van der Waals surface area contributed by atoms with Gasteiger partial charge >= 0.3 is 0 Å². The van der Waals surface area contributed by atoms with Gasteiger partial charge in [0, 0.05) is 17.5 Å². The van der Waals surface area contributed by atoms with E-state index in [0.29, 0.717) is 12.2 Å². The highest BCUT2D eigenvalue weighted by Crippen LogP contribution is 2.27. The Morgan fingerprint density at radius 2 is 1.85 bits per heavy atom. The van der Waals surface area contributed by atoms with Crippen LogP contribution in [0, 0.1) is 5.82 Å². The molecule has 3 rings (SSSR count). The van der Waals surface area contributed by atoms with Crippen molar-refractivity contribution < 1.29 is 4.39 Å². The predicted octanol–water partition coefficient (Wildman–Crippen LogP) is 3.39. The lowest BCUT2D eigenvalue weighted by molar-refractivity contribution is 0.628. The maximum absolute atomic E-state index is 13.4. The van der Waals surface area contributed by atoms with Gasteiger partial charge in [0.15, 0.2) is 0 Å². The van der Waals surface area contributed by atoms with E-state index < -0.39 is 0 Å². The Morgan fingerprint density at radius 3 is 2.60 bits per heavy atom. The van der Waals surface area contributed by atoms with Gasteiger partial charge in [0.1, 0.15) is 11.6 Å². The first kappa shape index (κ1) is 12.4. The lowest BCUT2D eigenvalue weighted by Crippen LogP contribution is -1.95. The Hall–Kier alpha value is -2.62. The molecule has 0 aliphatic rings. The molecule has 0 atom stereocenters. The van der Waals surface area contributed by atoms with Crippen molar-refractivity contribution in [2.24, 2.45) is 0 Å². The van der Waals surface area contributed by atoms with Crippen molar-refractivity contribution in [1.82, 2.24) is 10.2 Å². The summed E-state index contributed by atoms with van der Waals surface area (Å²) in [6, 6.07) is 16.4. The monoisotopic (exact) mass is 267 g/mol. The Labute approximate surface area is 116 Å². The summed E-state index contributed by atoms with van der Waals surface area (Å²) in [6.07, 6.45) is 0.662. The molecule has 0 radical (unpaired) electrons. The van der Waals surface area contributed by atoms with Crippen LogP contribution in [0.25, 0.3) is 11.3 Å². The fourth-order valence-electron chi connectivity index (χ4n) is 2.24. The van der Waals surface area contributed by atoms with Crippen LogP contribution in [0.5, 0.6) is 0 Å². The number of aromatic nitrogens is 2. The van der Waals surface area contributed by atoms with Crippen molar-refractivity contribution in [3.63, 3.8) is 0 Å². The zero-order valence-corrected chi connectivity index (χ0v) is 10.8. The number of nitrogen functional groups attached to an aromatic ring is 1. The molecule has 100 valence electrons. The Kier molecular flexibility index (Phi) is 3.21. The highest BCUT2D eigenvalue weighted by atomic mass is 19.1. The van der Waals surface area contributed by atoms with E-state index in [1.807, 2.05) is 36.4 Å². The summed E-state index contributed by atoms with van der Waals surface area (Å²) in [5.74, 6) is 0.175. The van der Waals surface area contributed by atoms with Crippen LogP contribution in [-0.2, 0) is 6.42 Å². The molecular formula is C16H14FN3. The van der Waals surface area contributed by atoms with Crippen LogP contribution in [0.4, 0.5) is 10.2 Å². The molecular weight excluding hydrogens is 253 g/mol. The third-order valence-corrected chi connectivity index (χ3v) is 3.24. The largest absolute Gasteiger partial charge is 0.382 e. The van der Waals surface area contributed by atoms with E-state index in [9.17, 15) is 4.39 Å². The van der Waals surface area contributed by atoms with Crippen LogP contribution in [0.3, 0.4) is 0 Å². The third-order valence-electron chi connectivity index (χ3n) is 3.24. The summed E-state index contributed by atoms with van der Waals surface area (Å²) in [4.78, 5) is 0. The number of nitrogens with zero attached hydrogens (tertiary/aromatic N) is 1. The molecule has 0 aliphatic heterocycles. The third kappa shape index (κ3) is 2.40. The van der Waals surface area contributed by atoms with E-state index in [-0.39, 0.29) is 5.82 Å². The molecule has 0 saturated carbocycles. The smallest absolute Gasteiger partial charge is 0.149 e. The number of rotatable bonds is 3. The van der Waals surface area contributed by atoms with E-state index in [4.69, 9.17) is 5.73 Å². The van der Waals surface area contributed by atoms with Crippen LogP contribution >= 0.6 is 0 Å². The average Bonchev–Trinajstić information content (AvgIpc) is 2.82. The van der Waals surface area contributed by atoms with E-state index in [2.05, 4.69) is 10.2 Å². The molecule has 0 aliphatic carbocycles. The zero-order chi connectivity index (χ0) is 13.9. The topological polar surface area (TPSA) is 54.7 Å². The lowest BCUT2D eigenvalue weighted by Gasteiger charge is -2.05. The molecule has 4 heteroatoms. The zero-order valence-electron chi connectivity index (χ0n) is 10.8. The summed E-state index contributed by atoms with van der Waals surface area (Å²) in [5, 5.41) is 6.95. The summed E-state index contributed by atoms with van der Waals surface area (Å²) < 4.78 is 13.4. The normalized spacial score (nSPS) is 10.7. The summed E-state index contributed by atoms with van der Waals surface area (Å²) in [6.45, 7) is 0. The van der Waals surface area contributed by atoms with Crippen LogP contribution in [0.15, 0.2) is 54.6 Å². The van der Waals surface area contributed by atoms with Crippen molar-refractivity contribution in [3.05, 3.63) is 71.5 Å². The van der Waals surface area contributed by atoms with E-state index in [1.165, 1.54) is 12.1 Å². The molecule has 1 heterocycles. The van der Waals surface area contributed by atoms with Crippen molar-refractivity contribution in [2.75, 3.05) is 5.73 Å². The molecule has 0 saturated heterocycles. The number of halogens is 1. The maximum Gasteiger partial charge on any atom is 0.149 e. The number of hydrogen-bond donors (Lipinski definition) is 2. The number of benzene rings is 2. The van der Waals surface area contributed by atoms with Gasteiger partial charge < -0.3 is 5.73 Å². The van der Waals surface area contributed by atoms with Gasteiger partial charge in [0.05, 0.1) is 5.69 Å². The Balaban J connectivity index is 2.02. The lowest BCUT2D eigenvalue weighted by atomic mass is 10.0. The molecule has 0 unspecified atom stereocenters. The van der Waals surface area contributed by atoms with Gasteiger partial charge in [0.25, 0.3) is 0 Å². The van der Waals surface area contributed by atoms with Gasteiger partial charge in [-0.15, -0.1) is 0 Å². The molecule has 0 amide bonds. The second-order valence-corrected chi connectivity index (χ2v) is 4.64. The molecule has 0 fully saturated rings. The van der Waals surface area contributed by atoms with Crippen LogP contribution < -0.4 is 5.73 Å². The van der Waals surface area contributed by atoms with Gasteiger partial charge in [-0.05, 0) is 17.7 Å². The second-order valence-electron chi connectivity index (χ2n) is 4.64. The first-order valence-corrected chi connectivity index (χ1v) is 6.36. The maximum atomic E-state index is 13.4. The number of aromatic amines is 1. The molecule has 3 aromatic rings. The van der Waals surface area contributed by atoms with E-state index >= 15 is 0 Å². The van der Waals surface area contributed by atoms with Gasteiger partial charge in [-0.3, -0.25) is 5.10 Å². The number of H-pyrrole nitrogens is 1. The number of nitrogens with two attached hydrogens (primary N) is 1. The number of anilines is 1. The Morgan fingerprint density at radius 1 is 1.05 bits per heavy atom. The molecule has 3 N–H and O–H groups in total. The molecule has 0 spiro atoms. The van der Waals surface area contributed by atoms with Gasteiger partial charge in [-0.25, -0.2) is 4.39 Å². The fourth-order valence-corrected chi connectivity index (χ4v) is 2.24. The molecule has 2 aromatic carbocycles. The SMILES string of the molecule is Nc1n[nH]c(-c2cccc(F)c2)c1Cc1ccccc1. The molecule has 20 heavy (non-hydrogen) atoms.